The molecule has 1 fully saturated rings. The lowest BCUT2D eigenvalue weighted by Crippen LogP contribution is -2.27. The van der Waals surface area contributed by atoms with Crippen molar-refractivity contribution in [2.45, 2.75) is 44.1 Å². The summed E-state index contributed by atoms with van der Waals surface area (Å²) in [6, 6.07) is 3.46. The monoisotopic (exact) mass is 354 g/mol. The number of hydrogen-bond donors (Lipinski definition) is 1. The van der Waals surface area contributed by atoms with Crippen LogP contribution >= 0.6 is 0 Å². The Hall–Kier alpha value is -2.29. The highest BCUT2D eigenvalue weighted by Crippen LogP contribution is 2.35. The minimum Gasteiger partial charge on any atom is -0.487 e. The normalized spacial score (nSPS) is 22.4. The Bertz CT molecular complexity index is 674. The molecule has 2 aromatic heterocycles. The molecule has 1 saturated carbocycles. The molecule has 1 atom stereocenters. The van der Waals surface area contributed by atoms with Gasteiger partial charge in [-0.05, 0) is 43.7 Å². The van der Waals surface area contributed by atoms with Crippen LogP contribution in [0.25, 0.3) is 0 Å². The average Bonchev–Trinajstić information content (AvgIpc) is 2.62. The van der Waals surface area contributed by atoms with Crippen molar-refractivity contribution in [3.05, 3.63) is 42.2 Å². The van der Waals surface area contributed by atoms with Crippen LogP contribution in [0.15, 0.2) is 30.7 Å². The van der Waals surface area contributed by atoms with Gasteiger partial charge in [-0.1, -0.05) is 0 Å². The molecule has 0 spiro atoms. The largest absolute Gasteiger partial charge is 0.487 e. The summed E-state index contributed by atoms with van der Waals surface area (Å²) in [6.07, 6.45) is 1.07. The van der Waals surface area contributed by atoms with Gasteiger partial charge in [0.15, 0.2) is 5.75 Å². The summed E-state index contributed by atoms with van der Waals surface area (Å²) in [6.45, 7) is 0. The first-order valence-corrected chi connectivity index (χ1v) is 7.95. The Kier molecular flexibility index (Phi) is 5.12. The molecule has 0 bridgehead atoms. The van der Waals surface area contributed by atoms with Gasteiger partial charge in [-0.25, -0.2) is 9.97 Å². The maximum Gasteiger partial charge on any atom is 0.451 e. The summed E-state index contributed by atoms with van der Waals surface area (Å²) < 4.78 is 43.0. The first-order chi connectivity index (χ1) is 11.9. The molecule has 0 radical (unpaired) electrons. The second-order valence-electron chi connectivity index (χ2n) is 5.99. The van der Waals surface area contributed by atoms with Crippen molar-refractivity contribution < 1.29 is 23.0 Å². The minimum atomic E-state index is -4.56. The quantitative estimate of drug-likeness (QED) is 0.909. The maximum absolute atomic E-state index is 12.4. The van der Waals surface area contributed by atoms with E-state index in [2.05, 4.69) is 20.2 Å². The van der Waals surface area contributed by atoms with Crippen molar-refractivity contribution in [3.63, 3.8) is 0 Å². The molecule has 0 aromatic carbocycles. The number of alkyl halides is 3. The van der Waals surface area contributed by atoms with Crippen molar-refractivity contribution in [2.24, 2.45) is 5.92 Å². The molecule has 9 heteroatoms. The molecule has 134 valence electrons. The third kappa shape index (κ3) is 4.41. The van der Waals surface area contributed by atoms with Crippen molar-refractivity contribution in [3.8, 4) is 5.75 Å². The molecule has 1 aliphatic rings. The van der Waals surface area contributed by atoms with E-state index in [4.69, 9.17) is 4.74 Å². The summed E-state index contributed by atoms with van der Waals surface area (Å²) in [7, 11) is 0. The molecule has 1 N–H and O–H groups in total. The van der Waals surface area contributed by atoms with Gasteiger partial charge in [0.2, 0.25) is 5.82 Å². The summed E-state index contributed by atoms with van der Waals surface area (Å²) in [4.78, 5) is 6.56. The van der Waals surface area contributed by atoms with Crippen LogP contribution in [0.1, 0.15) is 43.3 Å². The molecule has 1 unspecified atom stereocenters. The van der Waals surface area contributed by atoms with Crippen molar-refractivity contribution in [2.75, 3.05) is 0 Å². The number of hydrogen-bond acceptors (Lipinski definition) is 6. The molecular formula is C16H17F3N4O2. The molecule has 2 heterocycles. The predicted molar refractivity (Wildman–Crippen MR) is 80.4 cm³/mol. The van der Waals surface area contributed by atoms with E-state index < -0.39 is 18.1 Å². The Labute approximate surface area is 142 Å². The number of aromatic nitrogens is 4. The zero-order chi connectivity index (χ0) is 17.9. The second-order valence-corrected chi connectivity index (χ2v) is 5.99. The summed E-state index contributed by atoms with van der Waals surface area (Å²) in [5.41, 5.74) is 0.544. The van der Waals surface area contributed by atoms with Gasteiger partial charge in [-0.15, -0.1) is 0 Å². The SMILES string of the molecule is OC(c1cccnn1)C1CCC(Oc2cnc(C(F)(F)F)nc2)CC1. The van der Waals surface area contributed by atoms with Gasteiger partial charge in [-0.2, -0.15) is 23.4 Å². The van der Waals surface area contributed by atoms with Crippen LogP contribution in [0.4, 0.5) is 13.2 Å². The minimum absolute atomic E-state index is 0.0559. The van der Waals surface area contributed by atoms with E-state index >= 15 is 0 Å². The number of aliphatic hydroxyl groups excluding tert-OH is 1. The van der Waals surface area contributed by atoms with Gasteiger partial charge in [-0.3, -0.25) is 0 Å². The topological polar surface area (TPSA) is 81.0 Å². The Balaban J connectivity index is 1.52. The lowest BCUT2D eigenvalue weighted by molar-refractivity contribution is -0.145. The molecule has 0 amide bonds. The molecule has 25 heavy (non-hydrogen) atoms. The van der Waals surface area contributed by atoms with Gasteiger partial charge in [0.1, 0.15) is 6.10 Å². The summed E-state index contributed by atoms with van der Waals surface area (Å²) in [5, 5.41) is 18.1. The Morgan fingerprint density at radius 1 is 1.12 bits per heavy atom. The number of rotatable bonds is 4. The summed E-state index contributed by atoms with van der Waals surface area (Å²) in [5.74, 6) is -0.915. The van der Waals surface area contributed by atoms with E-state index in [1.165, 1.54) is 0 Å². The molecule has 0 aliphatic heterocycles. The second kappa shape index (κ2) is 7.30. The van der Waals surface area contributed by atoms with E-state index in [1.54, 1.807) is 18.3 Å². The molecule has 1 aliphatic carbocycles. The fourth-order valence-electron chi connectivity index (χ4n) is 2.95. The van der Waals surface area contributed by atoms with Gasteiger partial charge >= 0.3 is 6.18 Å². The number of nitrogens with zero attached hydrogens (tertiary/aromatic N) is 4. The van der Waals surface area contributed by atoms with Crippen LogP contribution < -0.4 is 4.74 Å². The van der Waals surface area contributed by atoms with Crippen LogP contribution in [0.2, 0.25) is 0 Å². The highest BCUT2D eigenvalue weighted by atomic mass is 19.4. The van der Waals surface area contributed by atoms with Crippen LogP contribution in [0.5, 0.6) is 5.75 Å². The number of aliphatic hydroxyl groups is 1. The highest BCUT2D eigenvalue weighted by Gasteiger charge is 2.34. The lowest BCUT2D eigenvalue weighted by atomic mass is 9.82. The smallest absolute Gasteiger partial charge is 0.451 e. The third-order valence-electron chi connectivity index (χ3n) is 4.25. The highest BCUT2D eigenvalue weighted by molar-refractivity contribution is 5.14. The molecule has 3 rings (SSSR count). The van der Waals surface area contributed by atoms with Crippen molar-refractivity contribution in [1.82, 2.24) is 20.2 Å². The van der Waals surface area contributed by atoms with Gasteiger partial charge < -0.3 is 9.84 Å². The molecule has 2 aromatic rings. The zero-order valence-corrected chi connectivity index (χ0v) is 13.2. The van der Waals surface area contributed by atoms with Gasteiger partial charge in [0.05, 0.1) is 24.2 Å². The predicted octanol–water partition coefficient (Wildman–Crippen LogP) is 2.96. The van der Waals surface area contributed by atoms with E-state index in [0.29, 0.717) is 18.5 Å². The van der Waals surface area contributed by atoms with Crippen LogP contribution in [-0.2, 0) is 6.18 Å². The van der Waals surface area contributed by atoms with Crippen LogP contribution in [-0.4, -0.2) is 31.4 Å². The molecule has 0 saturated heterocycles. The van der Waals surface area contributed by atoms with E-state index in [-0.39, 0.29) is 17.8 Å². The number of ether oxygens (including phenoxy) is 1. The molecule has 6 nitrogen and oxygen atoms in total. The lowest BCUT2D eigenvalue weighted by Gasteiger charge is -2.31. The fraction of sp³-hybridized carbons (Fsp3) is 0.500. The Morgan fingerprint density at radius 2 is 1.80 bits per heavy atom. The van der Waals surface area contributed by atoms with Crippen molar-refractivity contribution in [1.29, 1.82) is 0 Å². The standard InChI is InChI=1S/C16H17F3N4O2/c17-16(18,19)15-20-8-12(9-21-15)25-11-5-3-10(4-6-11)14(24)13-2-1-7-22-23-13/h1-2,7-11,14,24H,3-6H2. The fourth-order valence-corrected chi connectivity index (χ4v) is 2.95. The van der Waals surface area contributed by atoms with E-state index in [1.807, 2.05) is 0 Å². The van der Waals surface area contributed by atoms with Gasteiger partial charge in [0, 0.05) is 6.20 Å². The summed E-state index contributed by atoms with van der Waals surface area (Å²) >= 11 is 0. The van der Waals surface area contributed by atoms with Gasteiger partial charge in [0.25, 0.3) is 0 Å². The Morgan fingerprint density at radius 3 is 2.36 bits per heavy atom. The number of halogens is 3. The maximum atomic E-state index is 12.4. The van der Waals surface area contributed by atoms with Crippen LogP contribution in [0, 0.1) is 5.92 Å². The molecular weight excluding hydrogens is 337 g/mol. The first kappa shape index (κ1) is 17.5. The average molecular weight is 354 g/mol. The van der Waals surface area contributed by atoms with Crippen LogP contribution in [0.3, 0.4) is 0 Å². The third-order valence-corrected chi connectivity index (χ3v) is 4.25. The van der Waals surface area contributed by atoms with E-state index in [9.17, 15) is 18.3 Å². The van der Waals surface area contributed by atoms with Crippen molar-refractivity contribution >= 4 is 0 Å². The zero-order valence-electron chi connectivity index (χ0n) is 13.2. The first-order valence-electron chi connectivity index (χ1n) is 7.95. The van der Waals surface area contributed by atoms with E-state index in [0.717, 1.165) is 25.2 Å².